The average molecular weight is 485 g/mol. The molecule has 0 radical (unpaired) electrons. The summed E-state index contributed by atoms with van der Waals surface area (Å²) in [4.78, 5) is 13.9. The Morgan fingerprint density at radius 3 is 2.44 bits per heavy atom. The predicted octanol–water partition coefficient (Wildman–Crippen LogP) is 3.38. The van der Waals surface area contributed by atoms with Crippen LogP contribution in [0.2, 0.25) is 0 Å². The summed E-state index contributed by atoms with van der Waals surface area (Å²) in [5.41, 5.74) is 2.83. The minimum atomic E-state index is -3.84. The van der Waals surface area contributed by atoms with Crippen LogP contribution in [0.4, 0.5) is 11.6 Å². The van der Waals surface area contributed by atoms with Crippen LogP contribution in [0.25, 0.3) is 11.1 Å². The molecule has 1 fully saturated rings. The van der Waals surface area contributed by atoms with Crippen molar-refractivity contribution < 1.29 is 22.5 Å². The molecule has 1 amide bonds. The summed E-state index contributed by atoms with van der Waals surface area (Å²) in [5.74, 6) is 0.136. The first kappa shape index (κ1) is 23.8. The summed E-state index contributed by atoms with van der Waals surface area (Å²) in [7, 11) is -2.39. The van der Waals surface area contributed by atoms with Gasteiger partial charge in [0, 0.05) is 38.8 Å². The lowest BCUT2D eigenvalue weighted by molar-refractivity contribution is -0.114. The number of hydrogen-bond donors (Lipinski definition) is 1. The molecule has 0 saturated carbocycles. The van der Waals surface area contributed by atoms with Crippen molar-refractivity contribution in [3.05, 3.63) is 54.2 Å². The van der Waals surface area contributed by atoms with E-state index in [0.717, 1.165) is 5.69 Å². The van der Waals surface area contributed by atoms with Gasteiger partial charge in [-0.2, -0.15) is 4.31 Å². The highest BCUT2D eigenvalue weighted by Gasteiger charge is 2.32. The third kappa shape index (κ3) is 4.64. The highest BCUT2D eigenvalue weighted by Crippen LogP contribution is 2.37. The Bertz CT molecular complexity index is 1270. The number of hydrogen-bond acceptors (Lipinski definition) is 7. The van der Waals surface area contributed by atoms with Crippen molar-refractivity contribution in [2.45, 2.75) is 25.2 Å². The topological polar surface area (TPSA) is 105 Å². The smallest absolute Gasteiger partial charge is 0.246 e. The molecule has 0 bridgehead atoms. The van der Waals surface area contributed by atoms with E-state index < -0.39 is 10.0 Å². The number of para-hydroxylation sites is 1. The lowest BCUT2D eigenvalue weighted by Gasteiger charge is -2.35. The van der Waals surface area contributed by atoms with Crippen LogP contribution in [-0.4, -0.2) is 57.1 Å². The number of piperazine rings is 1. The maximum absolute atomic E-state index is 13.7. The molecule has 0 atom stereocenters. The number of sulfonamides is 1. The number of aromatic nitrogens is 1. The van der Waals surface area contributed by atoms with Crippen molar-refractivity contribution >= 4 is 27.5 Å². The van der Waals surface area contributed by atoms with Crippen molar-refractivity contribution in [1.82, 2.24) is 9.46 Å². The van der Waals surface area contributed by atoms with Crippen LogP contribution in [0, 0.1) is 0 Å². The van der Waals surface area contributed by atoms with Gasteiger partial charge in [-0.15, -0.1) is 0 Å². The van der Waals surface area contributed by atoms with Crippen molar-refractivity contribution in [3.63, 3.8) is 0 Å². The summed E-state index contributed by atoms with van der Waals surface area (Å²) in [6.45, 7) is 5.17. The Labute approximate surface area is 199 Å². The van der Waals surface area contributed by atoms with E-state index in [9.17, 15) is 13.2 Å². The minimum absolute atomic E-state index is 0.0673. The van der Waals surface area contributed by atoms with Crippen LogP contribution in [0.1, 0.15) is 19.5 Å². The number of rotatable bonds is 7. The molecule has 2 heterocycles. The van der Waals surface area contributed by atoms with E-state index in [4.69, 9.17) is 9.26 Å². The van der Waals surface area contributed by atoms with Crippen molar-refractivity contribution in [3.8, 4) is 16.9 Å². The fourth-order valence-corrected chi connectivity index (χ4v) is 5.71. The van der Waals surface area contributed by atoms with E-state index in [-0.39, 0.29) is 22.4 Å². The zero-order chi connectivity index (χ0) is 24.3. The van der Waals surface area contributed by atoms with Gasteiger partial charge in [-0.25, -0.2) is 8.42 Å². The third-order valence-electron chi connectivity index (χ3n) is 5.82. The first-order valence-corrected chi connectivity index (χ1v) is 12.5. The molecule has 0 spiro atoms. The van der Waals surface area contributed by atoms with Crippen molar-refractivity contribution in [2.75, 3.05) is 43.5 Å². The minimum Gasteiger partial charge on any atom is -0.495 e. The van der Waals surface area contributed by atoms with Crippen molar-refractivity contribution in [2.24, 2.45) is 0 Å². The van der Waals surface area contributed by atoms with Gasteiger partial charge in [0.15, 0.2) is 0 Å². The Hall–Kier alpha value is -3.37. The number of benzene rings is 2. The standard InChI is InChI=1S/C24H28N4O5S/c1-4-20-23(24(33-26-20)25-17(2)29)18-10-11-21(32-3)22(16-18)34(30,31)28-14-12-27(13-15-28)19-8-6-5-7-9-19/h5-11,16H,4,12-15H2,1-3H3,(H,25,29). The molecule has 3 aromatic rings. The first-order valence-electron chi connectivity index (χ1n) is 11.1. The molecule has 1 aliphatic rings. The number of nitrogens with one attached hydrogen (secondary N) is 1. The van der Waals surface area contributed by atoms with Crippen LogP contribution < -0.4 is 15.0 Å². The number of aryl methyl sites for hydroxylation is 1. The molecule has 1 aliphatic heterocycles. The number of methoxy groups -OCH3 is 1. The summed E-state index contributed by atoms with van der Waals surface area (Å²) in [6, 6.07) is 14.9. The van der Waals surface area contributed by atoms with E-state index in [1.807, 2.05) is 37.3 Å². The maximum atomic E-state index is 13.7. The molecule has 9 nitrogen and oxygen atoms in total. The van der Waals surface area contributed by atoms with Crippen LogP contribution in [0.15, 0.2) is 57.9 Å². The fraction of sp³-hybridized carbons (Fsp3) is 0.333. The molecule has 0 aliphatic carbocycles. The molecule has 10 heteroatoms. The molecule has 1 N–H and O–H groups in total. The molecule has 34 heavy (non-hydrogen) atoms. The summed E-state index contributed by atoms with van der Waals surface area (Å²) >= 11 is 0. The van der Waals surface area contributed by atoms with Gasteiger partial charge in [0.2, 0.25) is 21.8 Å². The molecular formula is C24H28N4O5S. The number of ether oxygens (including phenoxy) is 1. The van der Waals surface area contributed by atoms with E-state index >= 15 is 0 Å². The van der Waals surface area contributed by atoms with E-state index in [2.05, 4.69) is 15.4 Å². The molecule has 1 saturated heterocycles. The SMILES string of the molecule is CCc1noc(NC(C)=O)c1-c1ccc(OC)c(S(=O)(=O)N2CCN(c3ccccc3)CC2)c1. The number of carbonyl (C=O) groups excluding carboxylic acids is 1. The van der Waals surface area contributed by atoms with E-state index in [1.54, 1.807) is 18.2 Å². The quantitative estimate of drug-likeness (QED) is 0.548. The average Bonchev–Trinajstić information content (AvgIpc) is 3.26. The summed E-state index contributed by atoms with van der Waals surface area (Å²) < 4.78 is 39.6. The van der Waals surface area contributed by atoms with Gasteiger partial charge in [0.25, 0.3) is 0 Å². The van der Waals surface area contributed by atoms with Gasteiger partial charge in [-0.05, 0) is 36.2 Å². The van der Waals surface area contributed by atoms with Crippen LogP contribution in [-0.2, 0) is 21.2 Å². The van der Waals surface area contributed by atoms with Gasteiger partial charge in [-0.1, -0.05) is 36.3 Å². The number of amides is 1. The fourth-order valence-electron chi connectivity index (χ4n) is 4.11. The van der Waals surface area contributed by atoms with Gasteiger partial charge < -0.3 is 14.2 Å². The largest absolute Gasteiger partial charge is 0.495 e. The Balaban J connectivity index is 1.66. The third-order valence-corrected chi connectivity index (χ3v) is 7.74. The number of anilines is 2. The van der Waals surface area contributed by atoms with E-state index in [0.29, 0.717) is 49.4 Å². The van der Waals surface area contributed by atoms with E-state index in [1.165, 1.54) is 18.3 Å². The number of carbonyl (C=O) groups is 1. The van der Waals surface area contributed by atoms with Gasteiger partial charge in [0.1, 0.15) is 10.6 Å². The maximum Gasteiger partial charge on any atom is 0.246 e. The molecular weight excluding hydrogens is 456 g/mol. The van der Waals surface area contributed by atoms with Gasteiger partial charge in [0.05, 0.1) is 18.4 Å². The van der Waals surface area contributed by atoms with Gasteiger partial charge >= 0.3 is 0 Å². The number of nitrogens with zero attached hydrogens (tertiary/aromatic N) is 3. The monoisotopic (exact) mass is 484 g/mol. The molecule has 2 aromatic carbocycles. The molecule has 1 aromatic heterocycles. The second-order valence-corrected chi connectivity index (χ2v) is 9.87. The predicted molar refractivity (Wildman–Crippen MR) is 130 cm³/mol. The van der Waals surface area contributed by atoms with Crippen LogP contribution in [0.5, 0.6) is 5.75 Å². The Kier molecular flexibility index (Phi) is 6.90. The van der Waals surface area contributed by atoms with Crippen LogP contribution >= 0.6 is 0 Å². The second kappa shape index (κ2) is 9.86. The normalized spacial score (nSPS) is 14.7. The molecule has 4 rings (SSSR count). The lowest BCUT2D eigenvalue weighted by Crippen LogP contribution is -2.48. The molecule has 180 valence electrons. The summed E-state index contributed by atoms with van der Waals surface area (Å²) in [6.07, 6.45) is 0.550. The Morgan fingerprint density at radius 1 is 1.12 bits per heavy atom. The lowest BCUT2D eigenvalue weighted by atomic mass is 10.0. The van der Waals surface area contributed by atoms with Crippen molar-refractivity contribution in [1.29, 1.82) is 0 Å². The van der Waals surface area contributed by atoms with Gasteiger partial charge in [-0.3, -0.25) is 10.1 Å². The highest BCUT2D eigenvalue weighted by molar-refractivity contribution is 7.89. The zero-order valence-corrected chi connectivity index (χ0v) is 20.3. The second-order valence-electron chi connectivity index (χ2n) is 7.96. The first-order chi connectivity index (χ1) is 16.3. The highest BCUT2D eigenvalue weighted by atomic mass is 32.2. The van der Waals surface area contributed by atoms with Crippen LogP contribution in [0.3, 0.4) is 0 Å². The zero-order valence-electron chi connectivity index (χ0n) is 19.4. The molecule has 0 unspecified atom stereocenters. The summed E-state index contributed by atoms with van der Waals surface area (Å²) in [5, 5.41) is 6.67. The Morgan fingerprint density at radius 2 is 1.82 bits per heavy atom.